The molecule has 1 aromatic carbocycles. The van der Waals surface area contributed by atoms with Gasteiger partial charge in [0.1, 0.15) is 5.82 Å². The smallest absolute Gasteiger partial charge is 0.123 e. The molecule has 1 aromatic rings. The molecule has 1 rings (SSSR count). The zero-order valence-corrected chi connectivity index (χ0v) is 8.68. The summed E-state index contributed by atoms with van der Waals surface area (Å²) in [5.41, 5.74) is 8.90. The fourth-order valence-corrected chi connectivity index (χ4v) is 1.54. The van der Waals surface area contributed by atoms with E-state index in [0.29, 0.717) is 0 Å². The minimum Gasteiger partial charge on any atom is -0.324 e. The van der Waals surface area contributed by atoms with E-state index >= 15 is 0 Å². The van der Waals surface area contributed by atoms with Crippen LogP contribution in [0.3, 0.4) is 0 Å². The van der Waals surface area contributed by atoms with Gasteiger partial charge in [-0.05, 0) is 43.5 Å². The topological polar surface area (TPSA) is 26.0 Å². The Bertz CT molecular complexity index is 344. The van der Waals surface area contributed by atoms with Crippen LogP contribution in [0.25, 0.3) is 0 Å². The molecule has 1 atom stereocenters. The van der Waals surface area contributed by atoms with E-state index < -0.39 is 0 Å². The third-order valence-electron chi connectivity index (χ3n) is 2.20. The Kier molecular flexibility index (Phi) is 3.42. The van der Waals surface area contributed by atoms with Crippen molar-refractivity contribution in [3.05, 3.63) is 47.3 Å². The van der Waals surface area contributed by atoms with Crippen molar-refractivity contribution in [3.63, 3.8) is 0 Å². The zero-order valence-electron chi connectivity index (χ0n) is 8.68. The Hall–Kier alpha value is -1.15. The molecule has 1 nitrogen and oxygen atoms in total. The predicted octanol–water partition coefficient (Wildman–Crippen LogP) is 3.10. The average molecular weight is 193 g/mol. The fraction of sp³-hybridized carbons (Fsp3) is 0.333. The highest BCUT2D eigenvalue weighted by Crippen LogP contribution is 2.21. The van der Waals surface area contributed by atoms with Gasteiger partial charge in [0.15, 0.2) is 0 Å². The lowest BCUT2D eigenvalue weighted by atomic mass is 9.97. The third kappa shape index (κ3) is 2.67. The van der Waals surface area contributed by atoms with E-state index in [1.165, 1.54) is 12.1 Å². The molecule has 0 saturated carbocycles. The molecule has 0 spiro atoms. The Morgan fingerprint density at radius 1 is 1.57 bits per heavy atom. The van der Waals surface area contributed by atoms with E-state index in [2.05, 4.69) is 6.58 Å². The van der Waals surface area contributed by atoms with Crippen molar-refractivity contribution in [3.8, 4) is 0 Å². The molecule has 14 heavy (non-hydrogen) atoms. The predicted molar refractivity (Wildman–Crippen MR) is 57.5 cm³/mol. The molecule has 76 valence electrons. The molecule has 0 aliphatic heterocycles. The van der Waals surface area contributed by atoms with Gasteiger partial charge >= 0.3 is 0 Å². The van der Waals surface area contributed by atoms with Crippen LogP contribution >= 0.6 is 0 Å². The second-order valence-corrected chi connectivity index (χ2v) is 3.77. The van der Waals surface area contributed by atoms with Gasteiger partial charge in [-0.25, -0.2) is 4.39 Å². The number of halogens is 1. The van der Waals surface area contributed by atoms with Crippen molar-refractivity contribution in [2.45, 2.75) is 26.3 Å². The van der Waals surface area contributed by atoms with Crippen LogP contribution < -0.4 is 5.73 Å². The van der Waals surface area contributed by atoms with E-state index in [1.54, 1.807) is 6.07 Å². The van der Waals surface area contributed by atoms with Gasteiger partial charge in [0.2, 0.25) is 0 Å². The quantitative estimate of drug-likeness (QED) is 0.733. The van der Waals surface area contributed by atoms with E-state index in [-0.39, 0.29) is 11.9 Å². The van der Waals surface area contributed by atoms with Gasteiger partial charge in [-0.15, -0.1) is 6.58 Å². The van der Waals surface area contributed by atoms with Crippen molar-refractivity contribution in [2.24, 2.45) is 5.73 Å². The largest absolute Gasteiger partial charge is 0.324 e. The third-order valence-corrected chi connectivity index (χ3v) is 2.20. The molecule has 2 N–H and O–H groups in total. The Morgan fingerprint density at radius 2 is 2.21 bits per heavy atom. The summed E-state index contributed by atoms with van der Waals surface area (Å²) < 4.78 is 12.8. The van der Waals surface area contributed by atoms with Crippen LogP contribution in [0, 0.1) is 12.7 Å². The Morgan fingerprint density at radius 3 is 2.71 bits per heavy atom. The monoisotopic (exact) mass is 193 g/mol. The van der Waals surface area contributed by atoms with Crippen LogP contribution in [0.15, 0.2) is 30.4 Å². The minimum absolute atomic E-state index is 0.0758. The maximum atomic E-state index is 12.8. The van der Waals surface area contributed by atoms with Crippen LogP contribution in [0.2, 0.25) is 0 Å². The summed E-state index contributed by atoms with van der Waals surface area (Å²) >= 11 is 0. The van der Waals surface area contributed by atoms with E-state index in [1.807, 2.05) is 13.8 Å². The summed E-state index contributed by atoms with van der Waals surface area (Å²) in [6.45, 7) is 7.63. The maximum absolute atomic E-state index is 12.8. The van der Waals surface area contributed by atoms with Gasteiger partial charge in [-0.1, -0.05) is 11.6 Å². The maximum Gasteiger partial charge on any atom is 0.123 e. The van der Waals surface area contributed by atoms with Gasteiger partial charge in [0.05, 0.1) is 0 Å². The molecule has 0 aliphatic carbocycles. The van der Waals surface area contributed by atoms with Crippen molar-refractivity contribution < 1.29 is 4.39 Å². The first kappa shape index (κ1) is 10.9. The summed E-state index contributed by atoms with van der Waals surface area (Å²) in [5, 5.41) is 0. The number of hydrogen-bond acceptors (Lipinski definition) is 1. The van der Waals surface area contributed by atoms with Gasteiger partial charge in [-0.3, -0.25) is 0 Å². The lowest BCUT2D eigenvalue weighted by Gasteiger charge is -2.14. The lowest BCUT2D eigenvalue weighted by Crippen LogP contribution is -2.12. The molecule has 0 aromatic heterocycles. The molecule has 2 heteroatoms. The highest BCUT2D eigenvalue weighted by atomic mass is 19.1. The number of aryl methyl sites for hydroxylation is 1. The first-order valence-corrected chi connectivity index (χ1v) is 4.66. The van der Waals surface area contributed by atoms with Gasteiger partial charge in [0.25, 0.3) is 0 Å². The standard InChI is InChI=1S/C12H16FN/c1-8(2)6-12(14)11-5-4-10(13)7-9(11)3/h4-5,7,12H,1,6,14H2,2-3H3. The minimum atomic E-state index is -0.214. The van der Waals surface area contributed by atoms with Crippen LogP contribution in [0.1, 0.15) is 30.5 Å². The molecular weight excluding hydrogens is 177 g/mol. The van der Waals surface area contributed by atoms with Crippen molar-refractivity contribution in [1.29, 1.82) is 0 Å². The second-order valence-electron chi connectivity index (χ2n) is 3.77. The number of benzene rings is 1. The Labute approximate surface area is 84.4 Å². The van der Waals surface area contributed by atoms with Gasteiger partial charge < -0.3 is 5.73 Å². The van der Waals surface area contributed by atoms with Gasteiger partial charge in [0, 0.05) is 6.04 Å². The van der Waals surface area contributed by atoms with Crippen molar-refractivity contribution in [1.82, 2.24) is 0 Å². The highest BCUT2D eigenvalue weighted by molar-refractivity contribution is 5.30. The summed E-state index contributed by atoms with van der Waals surface area (Å²) in [5.74, 6) is -0.214. The summed E-state index contributed by atoms with van der Waals surface area (Å²) in [6, 6.07) is 4.63. The van der Waals surface area contributed by atoms with E-state index in [4.69, 9.17) is 5.73 Å². The molecule has 0 fully saturated rings. The van der Waals surface area contributed by atoms with E-state index in [9.17, 15) is 4.39 Å². The summed E-state index contributed by atoms with van der Waals surface area (Å²) in [7, 11) is 0. The molecule has 0 aliphatic rings. The normalized spacial score (nSPS) is 12.6. The van der Waals surface area contributed by atoms with Crippen LogP contribution in [-0.4, -0.2) is 0 Å². The highest BCUT2D eigenvalue weighted by Gasteiger charge is 2.09. The zero-order chi connectivity index (χ0) is 10.7. The van der Waals surface area contributed by atoms with Crippen LogP contribution in [0.4, 0.5) is 4.39 Å². The van der Waals surface area contributed by atoms with Crippen molar-refractivity contribution in [2.75, 3.05) is 0 Å². The molecule has 0 saturated heterocycles. The van der Waals surface area contributed by atoms with Crippen LogP contribution in [-0.2, 0) is 0 Å². The van der Waals surface area contributed by atoms with Crippen molar-refractivity contribution >= 4 is 0 Å². The van der Waals surface area contributed by atoms with Crippen LogP contribution in [0.5, 0.6) is 0 Å². The first-order valence-electron chi connectivity index (χ1n) is 4.66. The lowest BCUT2D eigenvalue weighted by molar-refractivity contribution is 0.622. The number of rotatable bonds is 3. The first-order chi connectivity index (χ1) is 6.50. The second kappa shape index (κ2) is 4.38. The Balaban J connectivity index is 2.90. The summed E-state index contributed by atoms with van der Waals surface area (Å²) in [6.07, 6.45) is 0.743. The molecule has 1 unspecified atom stereocenters. The molecular formula is C12H16FN. The average Bonchev–Trinajstić information content (AvgIpc) is 2.01. The molecule has 0 amide bonds. The SMILES string of the molecule is C=C(C)CC(N)c1ccc(F)cc1C. The number of nitrogens with two attached hydrogens (primary N) is 1. The summed E-state index contributed by atoms with van der Waals surface area (Å²) in [4.78, 5) is 0. The molecule has 0 heterocycles. The molecule has 0 bridgehead atoms. The van der Waals surface area contributed by atoms with E-state index in [0.717, 1.165) is 23.1 Å². The van der Waals surface area contributed by atoms with Gasteiger partial charge in [-0.2, -0.15) is 0 Å². The number of hydrogen-bond donors (Lipinski definition) is 1. The molecule has 0 radical (unpaired) electrons. The fourth-order valence-electron chi connectivity index (χ4n) is 1.54.